The number of carbonyl (C=O) groups excluding carboxylic acids is 1. The predicted octanol–water partition coefficient (Wildman–Crippen LogP) is 0.534. The van der Waals surface area contributed by atoms with Crippen molar-refractivity contribution in [2.75, 3.05) is 17.2 Å². The number of anilines is 1. The van der Waals surface area contributed by atoms with E-state index in [-0.39, 0.29) is 41.6 Å². The Kier molecular flexibility index (Phi) is 4.09. The van der Waals surface area contributed by atoms with Gasteiger partial charge in [0.1, 0.15) is 5.15 Å². The number of sulfonamides is 1. The van der Waals surface area contributed by atoms with Crippen LogP contribution in [0.25, 0.3) is 0 Å². The molecule has 19 heavy (non-hydrogen) atoms. The van der Waals surface area contributed by atoms with Gasteiger partial charge in [-0.05, 0) is 15.9 Å². The molecule has 0 spiro atoms. The first-order valence-electron chi connectivity index (χ1n) is 5.25. The summed E-state index contributed by atoms with van der Waals surface area (Å²) in [6.07, 6.45) is 1.54. The van der Waals surface area contributed by atoms with E-state index in [4.69, 9.17) is 16.7 Å². The maximum atomic E-state index is 11.8. The van der Waals surface area contributed by atoms with Gasteiger partial charge in [0.2, 0.25) is 21.9 Å². The zero-order chi connectivity index (χ0) is 14.2. The van der Waals surface area contributed by atoms with Crippen LogP contribution >= 0.6 is 27.5 Å². The van der Waals surface area contributed by atoms with Crippen molar-refractivity contribution >= 4 is 49.4 Å². The second-order valence-electron chi connectivity index (χ2n) is 4.21. The van der Waals surface area contributed by atoms with Gasteiger partial charge in [-0.25, -0.2) is 18.5 Å². The van der Waals surface area contributed by atoms with Crippen molar-refractivity contribution < 1.29 is 13.2 Å². The van der Waals surface area contributed by atoms with Gasteiger partial charge in [0.05, 0.1) is 10.2 Å². The van der Waals surface area contributed by atoms with E-state index < -0.39 is 10.0 Å². The Bertz CT molecular complexity index is 624. The average molecular weight is 370 g/mol. The third-order valence-corrected chi connectivity index (χ3v) is 4.64. The highest BCUT2D eigenvalue weighted by molar-refractivity contribution is 9.10. The second-order valence-corrected chi connectivity index (χ2v) is 7.08. The molecule has 1 saturated heterocycles. The summed E-state index contributed by atoms with van der Waals surface area (Å²) in [5.41, 5.74) is 0. The molecule has 0 aromatic carbocycles. The highest BCUT2D eigenvalue weighted by Gasteiger charge is 2.34. The Morgan fingerprint density at radius 3 is 2.84 bits per heavy atom. The van der Waals surface area contributed by atoms with Gasteiger partial charge in [-0.15, -0.1) is 0 Å². The van der Waals surface area contributed by atoms with Gasteiger partial charge in [0.25, 0.3) is 0 Å². The first-order chi connectivity index (χ1) is 8.76. The summed E-state index contributed by atoms with van der Waals surface area (Å²) in [4.78, 5) is 21.1. The van der Waals surface area contributed by atoms with Crippen LogP contribution in [0.2, 0.25) is 5.15 Å². The van der Waals surface area contributed by atoms with Crippen LogP contribution in [-0.2, 0) is 14.8 Å². The van der Waals surface area contributed by atoms with Gasteiger partial charge in [-0.3, -0.25) is 9.69 Å². The molecule has 1 amide bonds. The zero-order valence-corrected chi connectivity index (χ0v) is 12.7. The van der Waals surface area contributed by atoms with E-state index in [9.17, 15) is 13.2 Å². The van der Waals surface area contributed by atoms with Crippen molar-refractivity contribution in [2.45, 2.75) is 6.42 Å². The summed E-state index contributed by atoms with van der Waals surface area (Å²) < 4.78 is 22.6. The van der Waals surface area contributed by atoms with Crippen molar-refractivity contribution in [3.05, 3.63) is 15.8 Å². The molecular formula is C9H10BrClN4O3S. The van der Waals surface area contributed by atoms with Crippen LogP contribution < -0.4 is 10.0 Å². The highest BCUT2D eigenvalue weighted by Crippen LogP contribution is 2.26. The van der Waals surface area contributed by atoms with Gasteiger partial charge in [0, 0.05) is 25.1 Å². The van der Waals surface area contributed by atoms with Crippen molar-refractivity contribution in [1.29, 1.82) is 0 Å². The Labute approximate surface area is 123 Å². The van der Waals surface area contributed by atoms with Crippen molar-refractivity contribution in [3.63, 3.8) is 0 Å². The number of aromatic nitrogens is 2. The van der Waals surface area contributed by atoms with E-state index in [1.165, 1.54) is 11.1 Å². The molecule has 0 bridgehead atoms. The van der Waals surface area contributed by atoms with E-state index >= 15 is 0 Å². The molecule has 0 radical (unpaired) electrons. The lowest BCUT2D eigenvalue weighted by molar-refractivity contribution is -0.117. The minimum Gasteiger partial charge on any atom is -0.280 e. The molecule has 2 rings (SSSR count). The number of nitrogens with zero attached hydrogens (tertiary/aromatic N) is 3. The fraction of sp³-hybridized carbons (Fsp3) is 0.444. The molecule has 7 nitrogen and oxygen atoms in total. The topological polar surface area (TPSA) is 106 Å². The number of hydrogen-bond donors (Lipinski definition) is 1. The SMILES string of the molecule is NS(=O)(=O)CC1CC(=O)N(c2ncc(Br)c(Cl)n2)C1. The van der Waals surface area contributed by atoms with Crippen LogP contribution in [-0.4, -0.2) is 36.6 Å². The maximum absolute atomic E-state index is 11.8. The monoisotopic (exact) mass is 368 g/mol. The third kappa shape index (κ3) is 3.62. The first kappa shape index (κ1) is 14.6. The molecule has 2 heterocycles. The minimum atomic E-state index is -3.60. The molecule has 0 aliphatic carbocycles. The molecule has 2 N–H and O–H groups in total. The molecule has 1 aliphatic heterocycles. The standard InChI is InChI=1S/C9H10BrClN4O3S/c10-6-2-13-9(14-8(6)11)15-3-5(1-7(15)16)4-19(12,17)18/h2,5H,1,3-4H2,(H2,12,17,18). The zero-order valence-electron chi connectivity index (χ0n) is 9.58. The average Bonchev–Trinajstić information content (AvgIpc) is 2.61. The Morgan fingerprint density at radius 1 is 1.58 bits per heavy atom. The number of hydrogen-bond acceptors (Lipinski definition) is 5. The minimum absolute atomic E-state index is 0.105. The van der Waals surface area contributed by atoms with Gasteiger partial charge in [-0.2, -0.15) is 4.98 Å². The molecule has 104 valence electrons. The van der Waals surface area contributed by atoms with Crippen LogP contribution in [0.1, 0.15) is 6.42 Å². The molecule has 1 atom stereocenters. The summed E-state index contributed by atoms with van der Waals surface area (Å²) in [6.45, 7) is 0.216. The Morgan fingerprint density at radius 2 is 2.26 bits per heavy atom. The van der Waals surface area contributed by atoms with Crippen LogP contribution in [0.5, 0.6) is 0 Å². The highest BCUT2D eigenvalue weighted by atomic mass is 79.9. The normalized spacial score (nSPS) is 20.1. The van der Waals surface area contributed by atoms with Crippen LogP contribution in [0, 0.1) is 5.92 Å². The summed E-state index contributed by atoms with van der Waals surface area (Å²) >= 11 is 8.98. The van der Waals surface area contributed by atoms with Crippen LogP contribution in [0.4, 0.5) is 5.95 Å². The molecule has 10 heteroatoms. The lowest BCUT2D eigenvalue weighted by atomic mass is 10.1. The van der Waals surface area contributed by atoms with Gasteiger partial charge in [0.15, 0.2) is 0 Å². The smallest absolute Gasteiger partial charge is 0.233 e. The van der Waals surface area contributed by atoms with E-state index in [1.54, 1.807) is 0 Å². The lowest BCUT2D eigenvalue weighted by Gasteiger charge is -2.14. The second kappa shape index (κ2) is 5.31. The Balaban J connectivity index is 2.18. The first-order valence-corrected chi connectivity index (χ1v) is 8.14. The predicted molar refractivity (Wildman–Crippen MR) is 73.2 cm³/mol. The number of nitrogens with two attached hydrogens (primary N) is 1. The summed E-state index contributed by atoms with van der Waals surface area (Å²) in [5.74, 6) is -0.671. The molecule has 1 aliphatic rings. The van der Waals surface area contributed by atoms with E-state index in [2.05, 4.69) is 25.9 Å². The lowest BCUT2D eigenvalue weighted by Crippen LogP contribution is -2.28. The number of amides is 1. The molecular weight excluding hydrogens is 360 g/mol. The van der Waals surface area contributed by atoms with Crippen LogP contribution in [0.15, 0.2) is 10.7 Å². The fourth-order valence-electron chi connectivity index (χ4n) is 1.88. The molecule has 1 unspecified atom stereocenters. The van der Waals surface area contributed by atoms with Crippen LogP contribution in [0.3, 0.4) is 0 Å². The summed E-state index contributed by atoms with van der Waals surface area (Å²) in [7, 11) is -3.60. The van der Waals surface area contributed by atoms with Gasteiger partial charge in [-0.1, -0.05) is 11.6 Å². The number of carbonyl (C=O) groups is 1. The quantitative estimate of drug-likeness (QED) is 0.782. The molecule has 1 aromatic heterocycles. The maximum Gasteiger partial charge on any atom is 0.233 e. The van der Waals surface area contributed by atoms with E-state index in [1.807, 2.05) is 0 Å². The summed E-state index contributed by atoms with van der Waals surface area (Å²) in [5, 5.41) is 5.16. The van der Waals surface area contributed by atoms with E-state index in [0.29, 0.717) is 4.47 Å². The van der Waals surface area contributed by atoms with Crippen molar-refractivity contribution in [3.8, 4) is 0 Å². The Hall–Kier alpha value is -0.770. The number of halogens is 2. The number of primary sulfonamides is 1. The fourth-order valence-corrected chi connectivity index (χ4v) is 3.08. The van der Waals surface area contributed by atoms with Gasteiger partial charge < -0.3 is 0 Å². The largest absolute Gasteiger partial charge is 0.280 e. The van der Waals surface area contributed by atoms with E-state index in [0.717, 1.165) is 0 Å². The molecule has 1 fully saturated rings. The third-order valence-electron chi connectivity index (χ3n) is 2.60. The number of rotatable bonds is 3. The van der Waals surface area contributed by atoms with Crippen molar-refractivity contribution in [1.82, 2.24) is 9.97 Å². The summed E-state index contributed by atoms with van der Waals surface area (Å²) in [6, 6.07) is 0. The molecule has 1 aromatic rings. The van der Waals surface area contributed by atoms with Gasteiger partial charge >= 0.3 is 0 Å². The van der Waals surface area contributed by atoms with Crippen molar-refractivity contribution in [2.24, 2.45) is 11.1 Å². The molecule has 0 saturated carbocycles.